The van der Waals surface area contributed by atoms with Crippen molar-refractivity contribution in [1.82, 2.24) is 4.98 Å². The van der Waals surface area contributed by atoms with E-state index in [1.54, 1.807) is 6.20 Å². The number of hydrogen-bond donors (Lipinski definition) is 1. The Hall–Kier alpha value is -0.600. The van der Waals surface area contributed by atoms with Gasteiger partial charge in [0.1, 0.15) is 0 Å². The van der Waals surface area contributed by atoms with E-state index >= 15 is 0 Å². The van der Waals surface area contributed by atoms with Gasteiger partial charge in [0.2, 0.25) is 0 Å². The maximum Gasteiger partial charge on any atom is 0.0487 e. The summed E-state index contributed by atoms with van der Waals surface area (Å²) in [5.41, 5.74) is 7.96. The second-order valence-corrected chi connectivity index (χ2v) is 4.12. The van der Waals surface area contributed by atoms with Crippen molar-refractivity contribution in [3.63, 3.8) is 0 Å². The molecule has 0 aliphatic heterocycles. The Morgan fingerprint density at radius 1 is 1.62 bits per heavy atom. The third kappa shape index (κ3) is 1.84. The predicted octanol–water partition coefficient (Wildman–Crippen LogP) is 2.45. The predicted molar refractivity (Wildman–Crippen MR) is 53.6 cm³/mol. The minimum Gasteiger partial charge on any atom is -0.324 e. The first-order chi connectivity index (χ1) is 6.18. The minimum absolute atomic E-state index is 0.0839. The minimum atomic E-state index is 0.0839. The Labute approximate surface area is 83.1 Å². The van der Waals surface area contributed by atoms with E-state index in [9.17, 15) is 0 Å². The van der Waals surface area contributed by atoms with E-state index in [0.717, 1.165) is 16.3 Å². The van der Waals surface area contributed by atoms with Crippen LogP contribution in [0.25, 0.3) is 0 Å². The number of aryl methyl sites for hydroxylation is 1. The van der Waals surface area contributed by atoms with Crippen LogP contribution in [0.3, 0.4) is 0 Å². The van der Waals surface area contributed by atoms with E-state index < -0.39 is 0 Å². The van der Waals surface area contributed by atoms with Gasteiger partial charge >= 0.3 is 0 Å². The van der Waals surface area contributed by atoms with E-state index in [2.05, 4.69) is 4.98 Å². The first kappa shape index (κ1) is 8.97. The van der Waals surface area contributed by atoms with Crippen molar-refractivity contribution < 1.29 is 0 Å². The van der Waals surface area contributed by atoms with Gasteiger partial charge in [-0.15, -0.1) is 0 Å². The molecule has 1 aliphatic carbocycles. The molecular formula is C10H13ClN2. The largest absolute Gasteiger partial charge is 0.324 e. The van der Waals surface area contributed by atoms with Crippen molar-refractivity contribution in [3.05, 3.63) is 28.5 Å². The van der Waals surface area contributed by atoms with Crippen LogP contribution in [0, 0.1) is 12.8 Å². The van der Waals surface area contributed by atoms with E-state index in [1.165, 1.54) is 12.8 Å². The average molecular weight is 197 g/mol. The standard InChI is InChI=1S/C10H13ClN2/c1-6-4-9(11)8(5-13-6)10(12)7-2-3-7/h4-5,7,10H,2-3,12H2,1H3/t10-/m0/s1. The molecule has 1 heterocycles. The molecule has 0 amide bonds. The fourth-order valence-corrected chi connectivity index (χ4v) is 1.82. The zero-order chi connectivity index (χ0) is 9.42. The first-order valence-corrected chi connectivity index (χ1v) is 4.94. The van der Waals surface area contributed by atoms with Gasteiger partial charge in [-0.2, -0.15) is 0 Å². The van der Waals surface area contributed by atoms with Gasteiger partial charge in [0.25, 0.3) is 0 Å². The zero-order valence-electron chi connectivity index (χ0n) is 7.63. The van der Waals surface area contributed by atoms with Crippen LogP contribution in [-0.4, -0.2) is 4.98 Å². The maximum atomic E-state index is 6.08. The molecule has 0 spiro atoms. The number of rotatable bonds is 2. The van der Waals surface area contributed by atoms with Crippen LogP contribution >= 0.6 is 11.6 Å². The number of hydrogen-bond acceptors (Lipinski definition) is 2. The van der Waals surface area contributed by atoms with E-state index in [0.29, 0.717) is 5.92 Å². The summed E-state index contributed by atoms with van der Waals surface area (Å²) in [7, 11) is 0. The van der Waals surface area contributed by atoms with Crippen LogP contribution in [-0.2, 0) is 0 Å². The molecule has 13 heavy (non-hydrogen) atoms. The maximum absolute atomic E-state index is 6.08. The lowest BCUT2D eigenvalue weighted by Gasteiger charge is -2.12. The molecule has 0 radical (unpaired) electrons. The Bertz CT molecular complexity index is 321. The van der Waals surface area contributed by atoms with Crippen LogP contribution in [0.4, 0.5) is 0 Å². The lowest BCUT2D eigenvalue weighted by molar-refractivity contribution is 0.630. The summed E-state index contributed by atoms with van der Waals surface area (Å²) >= 11 is 6.08. The summed E-state index contributed by atoms with van der Waals surface area (Å²) in [6.45, 7) is 1.93. The molecule has 1 fully saturated rings. The lowest BCUT2D eigenvalue weighted by atomic mass is 10.1. The fourth-order valence-electron chi connectivity index (χ4n) is 1.49. The summed E-state index contributed by atoms with van der Waals surface area (Å²) in [5, 5.41) is 0.756. The van der Waals surface area contributed by atoms with Crippen LogP contribution in [0.2, 0.25) is 5.02 Å². The Kier molecular flexibility index (Phi) is 2.26. The molecule has 70 valence electrons. The highest BCUT2D eigenvalue weighted by Gasteiger charge is 2.30. The molecule has 2 N–H and O–H groups in total. The molecule has 1 aromatic heterocycles. The second-order valence-electron chi connectivity index (χ2n) is 3.71. The van der Waals surface area contributed by atoms with E-state index in [4.69, 9.17) is 17.3 Å². The van der Waals surface area contributed by atoms with Gasteiger partial charge in [0, 0.05) is 28.5 Å². The van der Waals surface area contributed by atoms with Crippen LogP contribution in [0.1, 0.15) is 30.1 Å². The van der Waals surface area contributed by atoms with Crippen molar-refractivity contribution >= 4 is 11.6 Å². The molecule has 1 aliphatic rings. The molecule has 1 saturated carbocycles. The Morgan fingerprint density at radius 3 is 2.85 bits per heavy atom. The number of pyridine rings is 1. The quantitative estimate of drug-likeness (QED) is 0.789. The Morgan fingerprint density at radius 2 is 2.31 bits per heavy atom. The summed E-state index contributed by atoms with van der Waals surface area (Å²) < 4.78 is 0. The summed E-state index contributed by atoms with van der Waals surface area (Å²) in [4.78, 5) is 4.21. The van der Waals surface area contributed by atoms with Crippen molar-refractivity contribution in [1.29, 1.82) is 0 Å². The van der Waals surface area contributed by atoms with Gasteiger partial charge in [0.05, 0.1) is 0 Å². The lowest BCUT2D eigenvalue weighted by Crippen LogP contribution is -2.13. The van der Waals surface area contributed by atoms with Crippen molar-refractivity contribution in [2.75, 3.05) is 0 Å². The third-order valence-electron chi connectivity index (χ3n) is 2.51. The van der Waals surface area contributed by atoms with Crippen LogP contribution < -0.4 is 5.73 Å². The van der Waals surface area contributed by atoms with Crippen LogP contribution in [0.15, 0.2) is 12.3 Å². The number of nitrogens with zero attached hydrogens (tertiary/aromatic N) is 1. The van der Waals surface area contributed by atoms with Gasteiger partial charge in [-0.25, -0.2) is 0 Å². The molecule has 0 saturated heterocycles. The smallest absolute Gasteiger partial charge is 0.0487 e. The molecule has 0 aromatic carbocycles. The molecule has 0 bridgehead atoms. The highest BCUT2D eigenvalue weighted by Crippen LogP contribution is 2.41. The topological polar surface area (TPSA) is 38.9 Å². The monoisotopic (exact) mass is 196 g/mol. The van der Waals surface area contributed by atoms with Gasteiger partial charge < -0.3 is 5.73 Å². The summed E-state index contributed by atoms with van der Waals surface area (Å²) in [6, 6.07) is 1.96. The molecular weight excluding hydrogens is 184 g/mol. The zero-order valence-corrected chi connectivity index (χ0v) is 8.38. The summed E-state index contributed by atoms with van der Waals surface area (Å²) in [5.74, 6) is 0.627. The second kappa shape index (κ2) is 3.28. The fraction of sp³-hybridized carbons (Fsp3) is 0.500. The highest BCUT2D eigenvalue weighted by atomic mass is 35.5. The summed E-state index contributed by atoms with van der Waals surface area (Å²) in [6.07, 6.45) is 4.26. The van der Waals surface area contributed by atoms with Gasteiger partial charge in [-0.1, -0.05) is 11.6 Å². The average Bonchev–Trinajstić information content (AvgIpc) is 2.85. The molecule has 2 rings (SSSR count). The first-order valence-electron chi connectivity index (χ1n) is 4.56. The number of aromatic nitrogens is 1. The van der Waals surface area contributed by atoms with Gasteiger partial charge in [0.15, 0.2) is 0 Å². The molecule has 3 heteroatoms. The molecule has 1 aromatic rings. The normalized spacial score (nSPS) is 18.7. The van der Waals surface area contributed by atoms with Crippen molar-refractivity contribution in [2.24, 2.45) is 11.7 Å². The number of nitrogens with two attached hydrogens (primary N) is 1. The van der Waals surface area contributed by atoms with Gasteiger partial charge in [-0.05, 0) is 31.7 Å². The SMILES string of the molecule is Cc1cc(Cl)c([C@@H](N)C2CC2)cn1. The third-order valence-corrected chi connectivity index (χ3v) is 2.83. The van der Waals surface area contributed by atoms with Crippen molar-refractivity contribution in [2.45, 2.75) is 25.8 Å². The van der Waals surface area contributed by atoms with E-state index in [1.807, 2.05) is 13.0 Å². The Balaban J connectivity index is 2.28. The van der Waals surface area contributed by atoms with Crippen LogP contribution in [0.5, 0.6) is 0 Å². The van der Waals surface area contributed by atoms with E-state index in [-0.39, 0.29) is 6.04 Å². The molecule has 1 atom stereocenters. The van der Waals surface area contributed by atoms with Crippen molar-refractivity contribution in [3.8, 4) is 0 Å². The molecule has 0 unspecified atom stereocenters. The number of halogens is 1. The van der Waals surface area contributed by atoms with Gasteiger partial charge in [-0.3, -0.25) is 4.98 Å². The molecule has 2 nitrogen and oxygen atoms in total. The highest BCUT2D eigenvalue weighted by molar-refractivity contribution is 6.31.